The van der Waals surface area contributed by atoms with Gasteiger partial charge < -0.3 is 15.5 Å². The van der Waals surface area contributed by atoms with E-state index in [2.05, 4.69) is 22.6 Å². The first kappa shape index (κ1) is 11.0. The van der Waals surface area contributed by atoms with Crippen LogP contribution in [0.2, 0.25) is 0 Å². The van der Waals surface area contributed by atoms with Crippen molar-refractivity contribution in [2.75, 3.05) is 40.3 Å². The summed E-state index contributed by atoms with van der Waals surface area (Å²) in [4.78, 5) is 2.48. The fourth-order valence-corrected chi connectivity index (χ4v) is 1.88. The highest BCUT2D eigenvalue weighted by molar-refractivity contribution is 4.75. The highest BCUT2D eigenvalue weighted by atomic mass is 15.2. The van der Waals surface area contributed by atoms with Gasteiger partial charge in [-0.1, -0.05) is 6.42 Å². The zero-order valence-corrected chi connectivity index (χ0v) is 8.97. The normalized spacial score (nSPS) is 24.9. The smallest absolute Gasteiger partial charge is 0.0217 e. The Bertz CT molecular complexity index is 127. The van der Waals surface area contributed by atoms with Crippen molar-refractivity contribution in [1.82, 2.24) is 15.5 Å². The molecule has 0 amide bonds. The van der Waals surface area contributed by atoms with E-state index >= 15 is 0 Å². The Labute approximate surface area is 81.9 Å². The average Bonchev–Trinajstić information content (AvgIpc) is 2.15. The average molecular weight is 185 g/mol. The van der Waals surface area contributed by atoms with Crippen LogP contribution in [0.5, 0.6) is 0 Å². The maximum absolute atomic E-state index is 3.48. The van der Waals surface area contributed by atoms with Crippen molar-refractivity contribution in [3.05, 3.63) is 0 Å². The number of hydrogen-bond donors (Lipinski definition) is 2. The summed E-state index contributed by atoms with van der Waals surface area (Å²) in [5, 5.41) is 6.62. The van der Waals surface area contributed by atoms with Gasteiger partial charge in [0, 0.05) is 25.7 Å². The van der Waals surface area contributed by atoms with Gasteiger partial charge in [0.1, 0.15) is 0 Å². The molecule has 0 aromatic rings. The van der Waals surface area contributed by atoms with Crippen LogP contribution < -0.4 is 10.6 Å². The second-order valence-electron chi connectivity index (χ2n) is 3.94. The minimum Gasteiger partial charge on any atom is -0.318 e. The summed E-state index contributed by atoms with van der Waals surface area (Å²) >= 11 is 0. The second kappa shape index (κ2) is 6.35. The minimum atomic E-state index is 0.769. The maximum Gasteiger partial charge on any atom is 0.0217 e. The first-order chi connectivity index (χ1) is 6.34. The third-order valence-electron chi connectivity index (χ3n) is 2.85. The molecule has 0 aliphatic carbocycles. The molecule has 3 nitrogen and oxygen atoms in total. The molecule has 78 valence electrons. The highest BCUT2D eigenvalue weighted by Crippen LogP contribution is 2.13. The number of hydrogen-bond acceptors (Lipinski definition) is 3. The summed E-state index contributed by atoms with van der Waals surface area (Å²) in [5.74, 6) is 0. The molecule has 1 fully saturated rings. The van der Waals surface area contributed by atoms with Crippen LogP contribution in [0.15, 0.2) is 0 Å². The Morgan fingerprint density at radius 3 is 2.85 bits per heavy atom. The molecule has 1 atom stereocenters. The molecule has 1 rings (SSSR count). The Hall–Kier alpha value is -0.120. The predicted molar refractivity (Wildman–Crippen MR) is 57.1 cm³/mol. The van der Waals surface area contributed by atoms with Crippen LogP contribution in [0.4, 0.5) is 0 Å². The molecule has 1 unspecified atom stereocenters. The van der Waals surface area contributed by atoms with Gasteiger partial charge in [0.05, 0.1) is 0 Å². The fourth-order valence-electron chi connectivity index (χ4n) is 1.88. The molecule has 3 heteroatoms. The molecule has 1 heterocycles. The van der Waals surface area contributed by atoms with E-state index in [0.717, 1.165) is 25.7 Å². The van der Waals surface area contributed by atoms with Crippen molar-refractivity contribution >= 4 is 0 Å². The van der Waals surface area contributed by atoms with Gasteiger partial charge in [-0.3, -0.25) is 0 Å². The number of likely N-dealkylation sites (tertiary alicyclic amines) is 1. The van der Waals surface area contributed by atoms with Crippen LogP contribution in [0, 0.1) is 0 Å². The standard InChI is InChI=1S/C10H23N3/c1-11-6-7-12-9-10-5-3-4-8-13(10)2/h10-12H,3-9H2,1-2H3. The number of rotatable bonds is 5. The van der Waals surface area contributed by atoms with E-state index in [9.17, 15) is 0 Å². The molecular formula is C10H23N3. The van der Waals surface area contributed by atoms with E-state index in [-0.39, 0.29) is 0 Å². The van der Waals surface area contributed by atoms with Crippen molar-refractivity contribution < 1.29 is 0 Å². The lowest BCUT2D eigenvalue weighted by atomic mass is 10.0. The summed E-state index contributed by atoms with van der Waals surface area (Å²) < 4.78 is 0. The Balaban J connectivity index is 2.05. The molecule has 0 bridgehead atoms. The summed E-state index contributed by atoms with van der Waals surface area (Å²) in [7, 11) is 4.23. The molecule has 0 aromatic heterocycles. The van der Waals surface area contributed by atoms with E-state index in [1.54, 1.807) is 0 Å². The van der Waals surface area contributed by atoms with Crippen molar-refractivity contribution in [3.8, 4) is 0 Å². The molecule has 0 radical (unpaired) electrons. The predicted octanol–water partition coefficient (Wildman–Crippen LogP) is 0.280. The lowest BCUT2D eigenvalue weighted by molar-refractivity contribution is 0.182. The number of nitrogens with zero attached hydrogens (tertiary/aromatic N) is 1. The Kier molecular flexibility index (Phi) is 5.35. The van der Waals surface area contributed by atoms with Crippen LogP contribution in [0.3, 0.4) is 0 Å². The topological polar surface area (TPSA) is 27.3 Å². The summed E-state index contributed by atoms with van der Waals surface area (Å²) in [6.45, 7) is 4.58. The molecule has 0 saturated carbocycles. The van der Waals surface area contributed by atoms with Gasteiger partial charge in [-0.25, -0.2) is 0 Å². The molecule has 13 heavy (non-hydrogen) atoms. The van der Waals surface area contributed by atoms with Gasteiger partial charge in [0.25, 0.3) is 0 Å². The maximum atomic E-state index is 3.48. The number of piperidine rings is 1. The third kappa shape index (κ3) is 4.07. The summed E-state index contributed by atoms with van der Waals surface area (Å²) in [6.07, 6.45) is 4.15. The first-order valence-electron chi connectivity index (χ1n) is 5.40. The quantitative estimate of drug-likeness (QED) is 0.603. The minimum absolute atomic E-state index is 0.769. The number of likely N-dealkylation sites (N-methyl/N-ethyl adjacent to an activating group) is 2. The van der Waals surface area contributed by atoms with E-state index in [4.69, 9.17) is 0 Å². The first-order valence-corrected chi connectivity index (χ1v) is 5.40. The van der Waals surface area contributed by atoms with E-state index in [1.807, 2.05) is 7.05 Å². The Morgan fingerprint density at radius 2 is 2.15 bits per heavy atom. The molecular weight excluding hydrogens is 162 g/mol. The monoisotopic (exact) mass is 185 g/mol. The molecule has 1 aliphatic heterocycles. The van der Waals surface area contributed by atoms with E-state index in [0.29, 0.717) is 0 Å². The lowest BCUT2D eigenvalue weighted by Gasteiger charge is -2.32. The number of nitrogens with one attached hydrogen (secondary N) is 2. The Morgan fingerprint density at radius 1 is 1.31 bits per heavy atom. The van der Waals surface area contributed by atoms with E-state index < -0.39 is 0 Å². The van der Waals surface area contributed by atoms with Crippen LogP contribution in [0.25, 0.3) is 0 Å². The van der Waals surface area contributed by atoms with Gasteiger partial charge in [-0.05, 0) is 33.5 Å². The fraction of sp³-hybridized carbons (Fsp3) is 1.00. The van der Waals surface area contributed by atoms with Crippen LogP contribution in [0.1, 0.15) is 19.3 Å². The van der Waals surface area contributed by atoms with Crippen molar-refractivity contribution in [2.24, 2.45) is 0 Å². The largest absolute Gasteiger partial charge is 0.318 e. The molecule has 0 aromatic carbocycles. The lowest BCUT2D eigenvalue weighted by Crippen LogP contribution is -2.44. The zero-order chi connectivity index (χ0) is 9.52. The van der Waals surface area contributed by atoms with Crippen molar-refractivity contribution in [2.45, 2.75) is 25.3 Å². The highest BCUT2D eigenvalue weighted by Gasteiger charge is 2.17. The zero-order valence-electron chi connectivity index (χ0n) is 8.97. The van der Waals surface area contributed by atoms with Gasteiger partial charge >= 0.3 is 0 Å². The molecule has 2 N–H and O–H groups in total. The van der Waals surface area contributed by atoms with Gasteiger partial charge in [-0.2, -0.15) is 0 Å². The SMILES string of the molecule is CNCCNCC1CCCCN1C. The van der Waals surface area contributed by atoms with Gasteiger partial charge in [0.15, 0.2) is 0 Å². The van der Waals surface area contributed by atoms with Gasteiger partial charge in [0.2, 0.25) is 0 Å². The molecule has 1 aliphatic rings. The molecule has 0 spiro atoms. The van der Waals surface area contributed by atoms with Crippen molar-refractivity contribution in [3.63, 3.8) is 0 Å². The van der Waals surface area contributed by atoms with Crippen LogP contribution in [-0.4, -0.2) is 51.2 Å². The second-order valence-corrected chi connectivity index (χ2v) is 3.94. The van der Waals surface area contributed by atoms with Crippen LogP contribution in [-0.2, 0) is 0 Å². The summed E-state index contributed by atoms with van der Waals surface area (Å²) in [6, 6.07) is 0.769. The van der Waals surface area contributed by atoms with Crippen LogP contribution >= 0.6 is 0 Å². The van der Waals surface area contributed by atoms with Crippen molar-refractivity contribution in [1.29, 1.82) is 0 Å². The van der Waals surface area contributed by atoms with Gasteiger partial charge in [-0.15, -0.1) is 0 Å². The summed E-state index contributed by atoms with van der Waals surface area (Å²) in [5.41, 5.74) is 0. The molecule has 1 saturated heterocycles. The third-order valence-corrected chi connectivity index (χ3v) is 2.85. The van der Waals surface area contributed by atoms with E-state index in [1.165, 1.54) is 25.8 Å².